The van der Waals surface area contributed by atoms with E-state index >= 15 is 0 Å². The van der Waals surface area contributed by atoms with E-state index in [1.807, 2.05) is 55.5 Å². The first-order valence-corrected chi connectivity index (χ1v) is 12.9. The van der Waals surface area contributed by atoms with Gasteiger partial charge >= 0.3 is 0 Å². The second kappa shape index (κ2) is 10.3. The zero-order chi connectivity index (χ0) is 26.1. The summed E-state index contributed by atoms with van der Waals surface area (Å²) in [6.07, 6.45) is 1.65. The predicted octanol–water partition coefficient (Wildman–Crippen LogP) is 5.76. The van der Waals surface area contributed by atoms with E-state index < -0.39 is 6.04 Å². The van der Waals surface area contributed by atoms with Crippen molar-refractivity contribution in [2.75, 3.05) is 26.1 Å². The van der Waals surface area contributed by atoms with Crippen LogP contribution in [0.5, 0.6) is 11.5 Å². The number of nitrogens with one attached hydrogen (secondary N) is 2. The highest BCUT2D eigenvalue weighted by molar-refractivity contribution is 7.80. The molecule has 1 aromatic heterocycles. The summed E-state index contributed by atoms with van der Waals surface area (Å²) in [5.41, 5.74) is 6.70. The standard InChI is InChI=1S/C30H31N3O3S/c1-5-19-8-6-7-9-24(19)32-30(37)33-13-12-20-16-26(35-3)27(36-4)17-22(20)28(33)23-15-21-14-18(2)10-11-25(21)31-29(23)34/h6-11,14-17,28H,5,12-13H2,1-4H3,(H,31,34)(H,32,37). The first-order valence-electron chi connectivity index (χ1n) is 12.5. The molecule has 5 rings (SSSR count). The maximum absolute atomic E-state index is 13.5. The molecule has 0 spiro atoms. The number of anilines is 1. The summed E-state index contributed by atoms with van der Waals surface area (Å²) in [5.74, 6) is 1.30. The number of rotatable bonds is 5. The maximum Gasteiger partial charge on any atom is 0.254 e. The monoisotopic (exact) mass is 513 g/mol. The molecular formula is C30H31N3O3S. The summed E-state index contributed by atoms with van der Waals surface area (Å²) in [7, 11) is 3.26. The molecule has 1 aliphatic heterocycles. The van der Waals surface area contributed by atoms with Crippen LogP contribution in [0.3, 0.4) is 0 Å². The van der Waals surface area contributed by atoms with Crippen LogP contribution in [0.1, 0.15) is 40.8 Å². The van der Waals surface area contributed by atoms with Crippen molar-refractivity contribution in [2.45, 2.75) is 32.7 Å². The van der Waals surface area contributed by atoms with Crippen molar-refractivity contribution in [3.05, 3.63) is 98.8 Å². The molecule has 0 bridgehead atoms. The Morgan fingerprint density at radius 1 is 1.05 bits per heavy atom. The highest BCUT2D eigenvalue weighted by Crippen LogP contribution is 2.41. The maximum atomic E-state index is 13.5. The molecule has 4 aromatic rings. The van der Waals surface area contributed by atoms with Gasteiger partial charge < -0.3 is 24.7 Å². The number of benzene rings is 3. The number of hydrogen-bond acceptors (Lipinski definition) is 4. The summed E-state index contributed by atoms with van der Waals surface area (Å²) in [4.78, 5) is 18.7. The van der Waals surface area contributed by atoms with Crippen LogP contribution < -0.4 is 20.3 Å². The molecule has 0 fully saturated rings. The predicted molar refractivity (Wildman–Crippen MR) is 153 cm³/mol. The third kappa shape index (κ3) is 4.67. The van der Waals surface area contributed by atoms with E-state index in [0.29, 0.717) is 28.7 Å². The Morgan fingerprint density at radius 3 is 2.57 bits per heavy atom. The lowest BCUT2D eigenvalue weighted by atomic mass is 9.88. The van der Waals surface area contributed by atoms with Gasteiger partial charge in [-0.25, -0.2) is 0 Å². The molecule has 6 nitrogen and oxygen atoms in total. The smallest absolute Gasteiger partial charge is 0.254 e. The van der Waals surface area contributed by atoms with Crippen molar-refractivity contribution in [2.24, 2.45) is 0 Å². The summed E-state index contributed by atoms with van der Waals surface area (Å²) in [5, 5.41) is 5.03. The quantitative estimate of drug-likeness (QED) is 0.331. The number of aromatic nitrogens is 1. The van der Waals surface area contributed by atoms with Gasteiger partial charge in [-0.3, -0.25) is 4.79 Å². The molecule has 0 saturated carbocycles. The Balaban J connectivity index is 1.67. The van der Waals surface area contributed by atoms with Gasteiger partial charge in [0.1, 0.15) is 0 Å². The first kappa shape index (κ1) is 24.8. The second-order valence-electron chi connectivity index (χ2n) is 9.34. The third-order valence-corrected chi connectivity index (χ3v) is 7.43. The molecule has 190 valence electrons. The Hall–Kier alpha value is -3.84. The normalized spacial score (nSPS) is 14.8. The Labute approximate surface area is 222 Å². The summed E-state index contributed by atoms with van der Waals surface area (Å²) in [6, 6.07) is 19.8. The number of nitrogens with zero attached hydrogens (tertiary/aromatic N) is 1. The molecule has 37 heavy (non-hydrogen) atoms. The lowest BCUT2D eigenvalue weighted by Crippen LogP contribution is -2.44. The van der Waals surface area contributed by atoms with Crippen molar-refractivity contribution in [1.29, 1.82) is 0 Å². The average molecular weight is 514 g/mol. The number of para-hydroxylation sites is 1. The number of thiocarbonyl (C=S) groups is 1. The lowest BCUT2D eigenvalue weighted by Gasteiger charge is -2.39. The number of H-pyrrole nitrogens is 1. The van der Waals surface area contributed by atoms with E-state index in [2.05, 4.69) is 34.3 Å². The number of methoxy groups -OCH3 is 2. The van der Waals surface area contributed by atoms with Gasteiger partial charge in [-0.15, -0.1) is 0 Å². The van der Waals surface area contributed by atoms with Crippen LogP contribution in [0.4, 0.5) is 5.69 Å². The van der Waals surface area contributed by atoms with Crippen molar-refractivity contribution < 1.29 is 9.47 Å². The van der Waals surface area contributed by atoms with Gasteiger partial charge in [0, 0.05) is 23.3 Å². The molecule has 7 heteroatoms. The molecule has 0 amide bonds. The largest absolute Gasteiger partial charge is 0.493 e. The van der Waals surface area contributed by atoms with Crippen LogP contribution in [0.15, 0.2) is 65.5 Å². The molecule has 2 N–H and O–H groups in total. The van der Waals surface area contributed by atoms with Gasteiger partial charge in [0.05, 0.1) is 20.3 Å². The van der Waals surface area contributed by atoms with E-state index in [0.717, 1.165) is 46.1 Å². The van der Waals surface area contributed by atoms with Gasteiger partial charge in [-0.2, -0.15) is 0 Å². The summed E-state index contributed by atoms with van der Waals surface area (Å²) in [6.45, 7) is 4.83. The van der Waals surface area contributed by atoms with E-state index in [4.69, 9.17) is 21.7 Å². The number of hydrogen-bond donors (Lipinski definition) is 2. The fourth-order valence-electron chi connectivity index (χ4n) is 5.18. The fourth-order valence-corrected chi connectivity index (χ4v) is 5.49. The fraction of sp³-hybridized carbons (Fsp3) is 0.267. The minimum absolute atomic E-state index is 0.134. The first-order chi connectivity index (χ1) is 17.9. The second-order valence-corrected chi connectivity index (χ2v) is 9.72. The minimum atomic E-state index is -0.397. The molecule has 0 aliphatic carbocycles. The number of ether oxygens (including phenoxy) is 2. The van der Waals surface area contributed by atoms with E-state index in [1.165, 1.54) is 5.56 Å². The van der Waals surface area contributed by atoms with Gasteiger partial charge in [0.25, 0.3) is 5.56 Å². The minimum Gasteiger partial charge on any atom is -0.493 e. The van der Waals surface area contributed by atoms with E-state index in [9.17, 15) is 4.79 Å². The van der Waals surface area contributed by atoms with Crippen LogP contribution in [-0.4, -0.2) is 35.8 Å². The molecule has 0 saturated heterocycles. The van der Waals surface area contributed by atoms with Crippen LogP contribution in [0.2, 0.25) is 0 Å². The van der Waals surface area contributed by atoms with Crippen molar-refractivity contribution in [1.82, 2.24) is 9.88 Å². The molecule has 0 radical (unpaired) electrons. The molecule has 1 atom stereocenters. The molecule has 1 aliphatic rings. The lowest BCUT2D eigenvalue weighted by molar-refractivity contribution is 0.329. The Bertz CT molecular complexity index is 1550. The number of pyridine rings is 1. The molecule has 1 unspecified atom stereocenters. The van der Waals surface area contributed by atoms with E-state index in [-0.39, 0.29) is 5.56 Å². The molecular weight excluding hydrogens is 482 g/mol. The van der Waals surface area contributed by atoms with Crippen molar-refractivity contribution in [3.63, 3.8) is 0 Å². The number of aryl methyl sites for hydroxylation is 2. The summed E-state index contributed by atoms with van der Waals surface area (Å²) >= 11 is 5.99. The highest BCUT2D eigenvalue weighted by Gasteiger charge is 2.34. The van der Waals surface area contributed by atoms with Crippen molar-refractivity contribution in [3.8, 4) is 11.5 Å². The summed E-state index contributed by atoms with van der Waals surface area (Å²) < 4.78 is 11.2. The van der Waals surface area contributed by atoms with Crippen LogP contribution in [0.25, 0.3) is 10.9 Å². The average Bonchev–Trinajstić information content (AvgIpc) is 2.91. The molecule has 2 heterocycles. The zero-order valence-electron chi connectivity index (χ0n) is 21.6. The highest BCUT2D eigenvalue weighted by atomic mass is 32.1. The zero-order valence-corrected chi connectivity index (χ0v) is 22.4. The third-order valence-electron chi connectivity index (χ3n) is 7.10. The Kier molecular flexibility index (Phi) is 6.89. The van der Waals surface area contributed by atoms with Crippen LogP contribution in [-0.2, 0) is 12.8 Å². The molecule has 3 aromatic carbocycles. The van der Waals surface area contributed by atoms with Gasteiger partial charge in [-0.1, -0.05) is 36.8 Å². The van der Waals surface area contributed by atoms with Gasteiger partial charge in [0.15, 0.2) is 16.6 Å². The number of aromatic amines is 1. The SMILES string of the molecule is CCc1ccccc1NC(=S)N1CCc2cc(OC)c(OC)cc2C1c1cc2cc(C)ccc2[nH]c1=O. The van der Waals surface area contributed by atoms with E-state index in [1.54, 1.807) is 14.2 Å². The van der Waals surface area contributed by atoms with Gasteiger partial charge in [0.2, 0.25) is 0 Å². The van der Waals surface area contributed by atoms with Crippen LogP contribution in [0, 0.1) is 6.92 Å². The Morgan fingerprint density at radius 2 is 1.81 bits per heavy atom. The van der Waals surface area contributed by atoms with Gasteiger partial charge in [-0.05, 0) is 90.5 Å². The number of fused-ring (bicyclic) bond motifs is 2. The van der Waals surface area contributed by atoms with Crippen molar-refractivity contribution >= 4 is 33.9 Å². The topological polar surface area (TPSA) is 66.6 Å². The van der Waals surface area contributed by atoms with Crippen LogP contribution >= 0.6 is 12.2 Å².